The number of hydrogen-bond donors (Lipinski definition) is 2. The van der Waals surface area contributed by atoms with Gasteiger partial charge in [0.1, 0.15) is 12.4 Å². The number of alkyl halides is 1. The van der Waals surface area contributed by atoms with Crippen LogP contribution in [0, 0.1) is 17.8 Å². The number of methoxy groups -OCH3 is 1. The highest BCUT2D eigenvalue weighted by molar-refractivity contribution is 5.96. The van der Waals surface area contributed by atoms with Crippen LogP contribution >= 0.6 is 0 Å². The van der Waals surface area contributed by atoms with E-state index in [1.54, 1.807) is 30.9 Å². The lowest BCUT2D eigenvalue weighted by atomic mass is 9.78. The van der Waals surface area contributed by atoms with E-state index >= 15 is 0 Å². The molecule has 1 unspecified atom stereocenters. The lowest BCUT2D eigenvalue weighted by Gasteiger charge is -2.35. The van der Waals surface area contributed by atoms with Gasteiger partial charge in [-0.2, -0.15) is 0 Å². The number of aromatic nitrogens is 1. The number of halogens is 1. The van der Waals surface area contributed by atoms with E-state index in [4.69, 9.17) is 15.2 Å². The van der Waals surface area contributed by atoms with Crippen molar-refractivity contribution >= 4 is 34.7 Å². The fourth-order valence-corrected chi connectivity index (χ4v) is 6.96. The maximum atomic E-state index is 14.1. The van der Waals surface area contributed by atoms with E-state index in [1.807, 2.05) is 42.5 Å². The molecular weight excluding hydrogens is 605 g/mol. The van der Waals surface area contributed by atoms with Crippen molar-refractivity contribution in [2.24, 2.45) is 23.5 Å². The molecule has 0 radical (unpaired) electrons. The van der Waals surface area contributed by atoms with Gasteiger partial charge in [0.2, 0.25) is 5.91 Å². The van der Waals surface area contributed by atoms with Crippen LogP contribution in [0.5, 0.6) is 0 Å². The van der Waals surface area contributed by atoms with Crippen LogP contribution in [0.15, 0.2) is 54.6 Å². The Balaban J connectivity index is 1.32. The van der Waals surface area contributed by atoms with Crippen LogP contribution in [0.3, 0.4) is 0 Å². The molecular formula is C36H44FN3O7. The van der Waals surface area contributed by atoms with Crippen molar-refractivity contribution < 1.29 is 37.8 Å². The molecule has 1 aliphatic heterocycles. The number of benzene rings is 2. The molecule has 2 aromatic carbocycles. The van der Waals surface area contributed by atoms with Gasteiger partial charge in [0.15, 0.2) is 5.78 Å². The summed E-state index contributed by atoms with van der Waals surface area (Å²) in [5, 5.41) is 0.708. The minimum absolute atomic E-state index is 0.00540. The number of nitrogens with two attached hydrogens (primary N) is 1. The molecule has 10 nitrogen and oxygen atoms in total. The normalized spacial score (nSPS) is 22.6. The van der Waals surface area contributed by atoms with Gasteiger partial charge >= 0.3 is 12.1 Å². The third-order valence-corrected chi connectivity index (χ3v) is 9.57. The number of ether oxygens (including phenoxy) is 3. The number of likely N-dealkylation sites (tertiary alicyclic amines) is 1. The van der Waals surface area contributed by atoms with Crippen LogP contribution in [-0.2, 0) is 30.2 Å². The average molecular weight is 650 g/mol. The van der Waals surface area contributed by atoms with Crippen LogP contribution < -0.4 is 5.73 Å². The molecule has 2 heterocycles. The van der Waals surface area contributed by atoms with Gasteiger partial charge in [0.25, 0.3) is 6.29 Å². The van der Waals surface area contributed by atoms with Crippen LogP contribution in [0.4, 0.5) is 9.18 Å². The van der Waals surface area contributed by atoms with Crippen molar-refractivity contribution in [1.82, 2.24) is 9.88 Å². The number of hydrogen-bond acceptors (Lipinski definition) is 8. The predicted octanol–water partition coefficient (Wildman–Crippen LogP) is 5.69. The fraction of sp³-hybridized carbons (Fsp3) is 0.500. The molecule has 0 spiro atoms. The predicted molar refractivity (Wildman–Crippen MR) is 173 cm³/mol. The highest BCUT2D eigenvalue weighted by atomic mass is 19.1. The molecule has 0 bridgehead atoms. The fourth-order valence-electron chi connectivity index (χ4n) is 6.96. The lowest BCUT2D eigenvalue weighted by Crippen LogP contribution is -2.47. The topological polar surface area (TPSA) is 141 Å². The van der Waals surface area contributed by atoms with Crippen LogP contribution in [-0.4, -0.2) is 72.4 Å². The minimum Gasteiger partial charge on any atom is -0.438 e. The lowest BCUT2D eigenvalue weighted by molar-refractivity contribution is -0.142. The Morgan fingerprint density at radius 1 is 0.979 bits per heavy atom. The third-order valence-electron chi connectivity index (χ3n) is 9.57. The molecule has 3 aromatic rings. The summed E-state index contributed by atoms with van der Waals surface area (Å²) in [4.78, 5) is 57.3. The molecule has 1 aromatic heterocycles. The van der Waals surface area contributed by atoms with Crippen LogP contribution in [0.1, 0.15) is 73.5 Å². The number of esters is 1. The Morgan fingerprint density at radius 2 is 1.70 bits per heavy atom. The van der Waals surface area contributed by atoms with Gasteiger partial charge in [-0.3, -0.25) is 9.59 Å². The molecule has 3 N–H and O–H groups in total. The zero-order valence-electron chi connectivity index (χ0n) is 27.2. The van der Waals surface area contributed by atoms with Gasteiger partial charge in [-0.1, -0.05) is 50.2 Å². The zero-order valence-corrected chi connectivity index (χ0v) is 27.2. The van der Waals surface area contributed by atoms with Gasteiger partial charge in [0.05, 0.1) is 13.2 Å². The Bertz CT molecular complexity index is 1570. The number of carbonyl (C=O) groups is 4. The first kappa shape index (κ1) is 34.1. The van der Waals surface area contributed by atoms with E-state index in [9.17, 15) is 23.6 Å². The number of H-pyrrole nitrogens is 1. The summed E-state index contributed by atoms with van der Waals surface area (Å²) in [5.74, 6) is -1.31. The Morgan fingerprint density at radius 3 is 2.36 bits per heavy atom. The molecule has 1 saturated heterocycles. The zero-order chi connectivity index (χ0) is 33.7. The van der Waals surface area contributed by atoms with Crippen molar-refractivity contribution in [3.05, 3.63) is 71.4 Å². The summed E-state index contributed by atoms with van der Waals surface area (Å²) in [6.07, 6.45) is 1.42. The Kier molecular flexibility index (Phi) is 11.0. The molecule has 4 atom stereocenters. The third kappa shape index (κ3) is 7.84. The number of aromatic amines is 1. The molecule has 5 rings (SSSR count). The second-order valence-corrected chi connectivity index (χ2v) is 13.0. The Hall–Kier alpha value is -4.25. The summed E-state index contributed by atoms with van der Waals surface area (Å²) in [5.41, 5.74) is 8.57. The van der Waals surface area contributed by atoms with Crippen LogP contribution in [0.2, 0.25) is 0 Å². The van der Waals surface area contributed by atoms with Crippen molar-refractivity contribution in [3.63, 3.8) is 0 Å². The number of Topliss-reactive ketones (excluding diaryl/α,β-unsaturated/α-hetero) is 1. The molecule has 252 valence electrons. The number of rotatable bonds is 11. The highest BCUT2D eigenvalue weighted by Gasteiger charge is 2.44. The smallest absolute Gasteiger partial charge is 0.438 e. The highest BCUT2D eigenvalue weighted by Crippen LogP contribution is 2.38. The quantitative estimate of drug-likeness (QED) is 0.199. The molecule has 2 fully saturated rings. The SMILES string of the molecule is COC(=O)OC(OC(=O)c1cc2cc(CC(=O)[C@@H]3[C@@H](c4ccccc4)CCN3C(=O)C3CCC([C@H](N)CF)CC3)ccc2[nH]1)C(C)C. The van der Waals surface area contributed by atoms with E-state index in [0.717, 1.165) is 11.1 Å². The van der Waals surface area contributed by atoms with Gasteiger partial charge in [-0.25, -0.2) is 14.0 Å². The average Bonchev–Trinajstić information content (AvgIpc) is 3.72. The van der Waals surface area contributed by atoms with Gasteiger partial charge in [-0.05, 0) is 67.3 Å². The van der Waals surface area contributed by atoms with Crippen molar-refractivity contribution in [2.45, 2.75) is 76.7 Å². The minimum atomic E-state index is -1.13. The summed E-state index contributed by atoms with van der Waals surface area (Å²) in [6, 6.07) is 15.9. The monoisotopic (exact) mass is 649 g/mol. The van der Waals surface area contributed by atoms with E-state index in [2.05, 4.69) is 9.72 Å². The largest absolute Gasteiger partial charge is 0.511 e. The van der Waals surface area contributed by atoms with E-state index in [-0.39, 0.29) is 47.5 Å². The van der Waals surface area contributed by atoms with Crippen molar-refractivity contribution in [3.8, 4) is 0 Å². The van der Waals surface area contributed by atoms with E-state index in [1.165, 1.54) is 7.11 Å². The number of nitrogens with one attached hydrogen (secondary N) is 1. The van der Waals surface area contributed by atoms with Crippen LogP contribution in [0.25, 0.3) is 10.9 Å². The second kappa shape index (κ2) is 15.1. The first-order valence-corrected chi connectivity index (χ1v) is 16.4. The molecule has 1 amide bonds. The number of ketones is 1. The van der Waals surface area contributed by atoms with Gasteiger partial charge in [-0.15, -0.1) is 0 Å². The van der Waals surface area contributed by atoms with E-state index < -0.39 is 37.2 Å². The number of carbonyl (C=O) groups excluding carboxylic acids is 4. The summed E-state index contributed by atoms with van der Waals surface area (Å²) < 4.78 is 28.2. The summed E-state index contributed by atoms with van der Waals surface area (Å²) in [6.45, 7) is 3.42. The summed E-state index contributed by atoms with van der Waals surface area (Å²) >= 11 is 0. The number of fused-ring (bicyclic) bond motifs is 1. The molecule has 11 heteroatoms. The number of nitrogens with zero attached hydrogens (tertiary/aromatic N) is 1. The maximum Gasteiger partial charge on any atom is 0.511 e. The standard InChI is InChI=1S/C36H44FN3O7/c1-21(2)35(47-36(44)45-3)46-34(43)30-19-26-17-22(9-14-29(26)39-30)18-31(41)32-27(23-7-5-4-6-8-23)15-16-40(32)33(42)25-12-10-24(11-13-25)28(38)20-37/h4-9,14,17,19,21,24-25,27-28,32,35,39H,10-13,15-16,18,20,38H2,1-3H3/t24?,25?,27-,28-,32+,35?/m1/s1. The number of amides is 1. The molecule has 1 saturated carbocycles. The van der Waals surface area contributed by atoms with Crippen molar-refractivity contribution in [2.75, 3.05) is 20.3 Å². The Labute approximate surface area is 274 Å². The first-order valence-electron chi connectivity index (χ1n) is 16.4. The van der Waals surface area contributed by atoms with Crippen molar-refractivity contribution in [1.29, 1.82) is 0 Å². The first-order chi connectivity index (χ1) is 22.6. The summed E-state index contributed by atoms with van der Waals surface area (Å²) in [7, 11) is 1.17. The molecule has 47 heavy (non-hydrogen) atoms. The van der Waals surface area contributed by atoms with Gasteiger partial charge in [0, 0.05) is 47.7 Å². The molecule has 1 aliphatic carbocycles. The molecule has 2 aliphatic rings. The van der Waals surface area contributed by atoms with E-state index in [0.29, 0.717) is 49.6 Å². The van der Waals surface area contributed by atoms with Gasteiger partial charge < -0.3 is 29.8 Å². The maximum absolute atomic E-state index is 14.1. The second-order valence-electron chi connectivity index (χ2n) is 13.0.